The number of ether oxygens (including phenoxy) is 3. The van der Waals surface area contributed by atoms with E-state index >= 15 is 0 Å². The van der Waals surface area contributed by atoms with Gasteiger partial charge in [0.25, 0.3) is 0 Å². The van der Waals surface area contributed by atoms with Crippen molar-refractivity contribution in [3.63, 3.8) is 0 Å². The van der Waals surface area contributed by atoms with Gasteiger partial charge in [-0.1, -0.05) is 23.8 Å². The van der Waals surface area contributed by atoms with Gasteiger partial charge in [-0.2, -0.15) is 0 Å². The van der Waals surface area contributed by atoms with Crippen molar-refractivity contribution in [1.29, 1.82) is 0 Å². The van der Waals surface area contributed by atoms with E-state index in [9.17, 15) is 34.8 Å². The number of aryl methyl sites for hydroxylation is 1. The zero-order chi connectivity index (χ0) is 27.2. The number of rotatable bonds is 4. The van der Waals surface area contributed by atoms with Gasteiger partial charge in [0, 0.05) is 18.9 Å². The summed E-state index contributed by atoms with van der Waals surface area (Å²) in [6.07, 6.45) is -6.77. The molecule has 0 radical (unpaired) electrons. The minimum Gasteiger partial charge on any atom is -0.507 e. The summed E-state index contributed by atoms with van der Waals surface area (Å²) in [6.45, 7) is 6.13. The Labute approximate surface area is 212 Å². The van der Waals surface area contributed by atoms with Crippen LogP contribution in [-0.4, -0.2) is 68.9 Å². The van der Waals surface area contributed by atoms with Crippen LogP contribution in [0.1, 0.15) is 59.3 Å². The molecule has 1 aliphatic carbocycles. The highest BCUT2D eigenvalue weighted by Crippen LogP contribution is 2.47. The average Bonchev–Trinajstić information content (AvgIpc) is 2.78. The molecule has 196 valence electrons. The molecule has 1 fully saturated rings. The van der Waals surface area contributed by atoms with E-state index < -0.39 is 54.3 Å². The largest absolute Gasteiger partial charge is 0.507 e. The zero-order valence-corrected chi connectivity index (χ0v) is 20.7. The number of hydrogen-bond donors (Lipinski definition) is 4. The fraction of sp³-hybridized carbons (Fsp3) is 0.370. The normalized spacial score (nSPS) is 26.5. The lowest BCUT2D eigenvalue weighted by atomic mass is 9.71. The molecule has 0 bridgehead atoms. The summed E-state index contributed by atoms with van der Waals surface area (Å²) in [6, 6.07) is 7.42. The van der Waals surface area contributed by atoms with Crippen LogP contribution in [0.4, 0.5) is 0 Å². The molecule has 4 N–H and O–H groups in total. The Morgan fingerprint density at radius 1 is 0.946 bits per heavy atom. The number of carbonyl (C=O) groups excluding carboxylic acids is 3. The van der Waals surface area contributed by atoms with E-state index in [4.69, 9.17) is 14.2 Å². The maximum atomic E-state index is 13.3. The second-order valence-electron chi connectivity index (χ2n) is 9.48. The molecular weight excluding hydrogens is 484 g/mol. The Hall–Kier alpha value is -3.73. The number of phenols is 2. The van der Waals surface area contributed by atoms with E-state index in [-0.39, 0.29) is 33.8 Å². The van der Waals surface area contributed by atoms with Gasteiger partial charge in [-0.15, -0.1) is 0 Å². The van der Waals surface area contributed by atoms with Crippen LogP contribution in [0.5, 0.6) is 11.5 Å². The van der Waals surface area contributed by atoms with Crippen LogP contribution in [0.15, 0.2) is 42.0 Å². The van der Waals surface area contributed by atoms with E-state index in [1.807, 2.05) is 0 Å². The van der Waals surface area contributed by atoms with Gasteiger partial charge in [0.2, 0.25) is 12.1 Å². The predicted molar refractivity (Wildman–Crippen MR) is 128 cm³/mol. The van der Waals surface area contributed by atoms with Gasteiger partial charge >= 0.3 is 11.9 Å². The number of benzene rings is 2. The van der Waals surface area contributed by atoms with Crippen LogP contribution in [0, 0.1) is 6.92 Å². The second-order valence-corrected chi connectivity index (χ2v) is 9.48. The van der Waals surface area contributed by atoms with E-state index in [2.05, 4.69) is 0 Å². The van der Waals surface area contributed by atoms with E-state index in [1.54, 1.807) is 32.9 Å². The van der Waals surface area contributed by atoms with Gasteiger partial charge < -0.3 is 34.6 Å². The second kappa shape index (κ2) is 9.97. The monoisotopic (exact) mass is 512 g/mol. The number of fused-ring (bicyclic) bond motifs is 2. The Bertz CT molecular complexity index is 1290. The number of hydrogen-bond acceptors (Lipinski definition) is 10. The molecule has 2 aliphatic rings. The molecule has 1 heterocycles. The van der Waals surface area contributed by atoms with Crippen molar-refractivity contribution >= 4 is 17.7 Å². The SMILES string of the molecule is CC(=O)O[C@H]1O[C@H]([C@@H]2c3cccc(O)c3C(=O)c3c(O)cc(C)cc32)[C@H](O)[C@@H](OC(=O)C=C(C)C)[C@H]1O. The minimum atomic E-state index is -1.73. The first kappa shape index (κ1) is 26.3. The van der Waals surface area contributed by atoms with Gasteiger partial charge in [0.1, 0.15) is 23.7 Å². The average molecular weight is 513 g/mol. The molecule has 10 nitrogen and oxygen atoms in total. The van der Waals surface area contributed by atoms with Crippen LogP contribution in [0.2, 0.25) is 0 Å². The van der Waals surface area contributed by atoms with E-state index in [0.717, 1.165) is 6.92 Å². The smallest absolute Gasteiger partial charge is 0.331 e. The molecule has 1 saturated heterocycles. The maximum Gasteiger partial charge on any atom is 0.331 e. The fourth-order valence-electron chi connectivity index (χ4n) is 4.94. The Kier molecular flexibility index (Phi) is 7.09. The molecule has 0 amide bonds. The van der Waals surface area contributed by atoms with E-state index in [1.165, 1.54) is 24.3 Å². The first-order valence-corrected chi connectivity index (χ1v) is 11.6. The molecule has 6 atom stereocenters. The van der Waals surface area contributed by atoms with E-state index in [0.29, 0.717) is 11.1 Å². The highest BCUT2D eigenvalue weighted by Gasteiger charge is 2.53. The van der Waals surface area contributed by atoms with Crippen molar-refractivity contribution < 1.29 is 49.0 Å². The third-order valence-electron chi connectivity index (χ3n) is 6.34. The number of allylic oxidation sites excluding steroid dienone is 1. The number of aliphatic hydroxyl groups excluding tert-OH is 2. The summed E-state index contributed by atoms with van der Waals surface area (Å²) in [4.78, 5) is 37.5. The van der Waals surface area contributed by atoms with Crippen molar-refractivity contribution in [2.24, 2.45) is 0 Å². The quantitative estimate of drug-likeness (QED) is 0.352. The molecule has 0 saturated carbocycles. The number of aliphatic hydroxyl groups is 2. The summed E-state index contributed by atoms with van der Waals surface area (Å²) in [7, 11) is 0. The maximum absolute atomic E-state index is 13.3. The van der Waals surface area contributed by atoms with Gasteiger partial charge in [-0.05, 0) is 49.6 Å². The highest BCUT2D eigenvalue weighted by molar-refractivity contribution is 6.16. The lowest BCUT2D eigenvalue weighted by Gasteiger charge is -2.45. The van der Waals surface area contributed by atoms with Crippen LogP contribution in [0.25, 0.3) is 0 Å². The Morgan fingerprint density at radius 2 is 1.62 bits per heavy atom. The number of aromatic hydroxyl groups is 2. The molecule has 0 spiro atoms. The lowest BCUT2D eigenvalue weighted by Crippen LogP contribution is -2.61. The molecule has 0 aromatic heterocycles. The number of ketones is 1. The first-order chi connectivity index (χ1) is 17.4. The van der Waals surface area contributed by atoms with Crippen molar-refractivity contribution in [3.8, 4) is 11.5 Å². The molecule has 10 heteroatoms. The fourth-order valence-corrected chi connectivity index (χ4v) is 4.94. The van der Waals surface area contributed by atoms with Crippen molar-refractivity contribution in [3.05, 3.63) is 69.8 Å². The van der Waals surface area contributed by atoms with Gasteiger partial charge in [0.05, 0.1) is 11.1 Å². The molecule has 2 aromatic carbocycles. The standard InChI is InChI=1S/C27H28O10/c1-11(2)8-18(31)36-26-23(33)25(37-27(24(26)34)35-13(4)28)19-14-6-5-7-16(29)20(14)22(32)21-15(19)9-12(3)10-17(21)30/h5-10,19,23-27,29-30,33-34H,1-4H3/t19-,23+,24-,25-,26-,27+/m1/s1. The summed E-state index contributed by atoms with van der Waals surface area (Å²) < 4.78 is 16.4. The summed E-state index contributed by atoms with van der Waals surface area (Å²) >= 11 is 0. The highest BCUT2D eigenvalue weighted by atomic mass is 16.7. The minimum absolute atomic E-state index is 0.0892. The van der Waals surface area contributed by atoms with Crippen LogP contribution in [0.3, 0.4) is 0 Å². The molecule has 2 aromatic rings. The van der Waals surface area contributed by atoms with Gasteiger partial charge in [0.15, 0.2) is 12.2 Å². The molecule has 4 rings (SSSR count). The Morgan fingerprint density at radius 3 is 2.27 bits per heavy atom. The van der Waals surface area contributed by atoms with Crippen LogP contribution >= 0.6 is 0 Å². The summed E-state index contributed by atoms with van der Waals surface area (Å²) in [5.74, 6) is -3.91. The first-order valence-electron chi connectivity index (χ1n) is 11.6. The number of phenolic OH excluding ortho intramolecular Hbond substituents is 2. The predicted octanol–water partition coefficient (Wildman–Crippen LogP) is 1.97. The lowest BCUT2D eigenvalue weighted by molar-refractivity contribution is -0.291. The van der Waals surface area contributed by atoms with Crippen molar-refractivity contribution in [2.45, 2.75) is 64.3 Å². The molecule has 37 heavy (non-hydrogen) atoms. The zero-order valence-electron chi connectivity index (χ0n) is 20.7. The molecule has 0 unspecified atom stereocenters. The topological polar surface area (TPSA) is 160 Å². The van der Waals surface area contributed by atoms with Crippen molar-refractivity contribution in [1.82, 2.24) is 0 Å². The van der Waals surface area contributed by atoms with Gasteiger partial charge in [-0.3, -0.25) is 9.59 Å². The third kappa shape index (κ3) is 4.83. The molecular formula is C27H28O10. The number of carbonyl (C=O) groups is 3. The number of esters is 2. The molecule has 1 aliphatic heterocycles. The van der Waals surface area contributed by atoms with Crippen LogP contribution < -0.4 is 0 Å². The Balaban J connectivity index is 1.89. The summed E-state index contributed by atoms with van der Waals surface area (Å²) in [5, 5.41) is 43.4. The summed E-state index contributed by atoms with van der Waals surface area (Å²) in [5.41, 5.74) is 1.60. The third-order valence-corrected chi connectivity index (χ3v) is 6.34. The van der Waals surface area contributed by atoms with Gasteiger partial charge in [-0.25, -0.2) is 4.79 Å². The van der Waals surface area contributed by atoms with Crippen molar-refractivity contribution in [2.75, 3.05) is 0 Å². The van der Waals surface area contributed by atoms with Crippen LogP contribution in [-0.2, 0) is 23.8 Å².